The summed E-state index contributed by atoms with van der Waals surface area (Å²) in [6, 6.07) is 15.4. The van der Waals surface area contributed by atoms with Crippen LogP contribution in [0.5, 0.6) is 5.75 Å². The molecule has 0 saturated carbocycles. The lowest BCUT2D eigenvalue weighted by Gasteiger charge is -2.07. The van der Waals surface area contributed by atoms with Gasteiger partial charge in [0.05, 0.1) is 13.5 Å². The number of methoxy groups -OCH3 is 1. The van der Waals surface area contributed by atoms with Gasteiger partial charge in [-0.3, -0.25) is 4.79 Å². The summed E-state index contributed by atoms with van der Waals surface area (Å²) in [5.74, 6) is 0.768. The van der Waals surface area contributed by atoms with Crippen LogP contribution < -0.4 is 10.1 Å². The van der Waals surface area contributed by atoms with Crippen LogP contribution in [-0.2, 0) is 17.8 Å². The molecule has 0 spiro atoms. The number of carbonyl (C=O) groups excluding carboxylic acids is 1. The van der Waals surface area contributed by atoms with Crippen molar-refractivity contribution in [3.63, 3.8) is 0 Å². The molecule has 0 saturated heterocycles. The maximum Gasteiger partial charge on any atom is 0.224 e. The van der Waals surface area contributed by atoms with Gasteiger partial charge >= 0.3 is 0 Å². The third-order valence-electron chi connectivity index (χ3n) is 2.90. The second-order valence-electron chi connectivity index (χ2n) is 4.43. The van der Waals surface area contributed by atoms with Gasteiger partial charge in [0.2, 0.25) is 5.91 Å². The molecule has 0 atom stereocenters. The number of hydrogen-bond acceptors (Lipinski definition) is 2. The van der Waals surface area contributed by atoms with Gasteiger partial charge < -0.3 is 10.1 Å². The molecule has 0 bridgehead atoms. The molecule has 20 heavy (non-hydrogen) atoms. The first kappa shape index (κ1) is 14.6. The molecule has 104 valence electrons. The third-order valence-corrected chi connectivity index (χ3v) is 3.43. The van der Waals surface area contributed by atoms with E-state index in [-0.39, 0.29) is 5.91 Å². The van der Waals surface area contributed by atoms with E-state index < -0.39 is 0 Å². The van der Waals surface area contributed by atoms with Crippen LogP contribution in [0.3, 0.4) is 0 Å². The predicted molar refractivity (Wildman–Crippen MR) is 82.7 cm³/mol. The fourth-order valence-electron chi connectivity index (χ4n) is 1.83. The van der Waals surface area contributed by atoms with E-state index >= 15 is 0 Å². The molecular weight excluding hydrogens is 318 g/mol. The second-order valence-corrected chi connectivity index (χ2v) is 5.35. The van der Waals surface area contributed by atoms with Crippen molar-refractivity contribution in [1.29, 1.82) is 0 Å². The summed E-state index contributed by atoms with van der Waals surface area (Å²) in [7, 11) is 1.62. The summed E-state index contributed by atoms with van der Waals surface area (Å²) < 4.78 is 6.17. The van der Waals surface area contributed by atoms with Crippen LogP contribution in [0.25, 0.3) is 0 Å². The highest BCUT2D eigenvalue weighted by molar-refractivity contribution is 9.10. The van der Waals surface area contributed by atoms with Crippen molar-refractivity contribution in [3.8, 4) is 5.75 Å². The Bertz CT molecular complexity index is 581. The maximum atomic E-state index is 11.9. The van der Waals surface area contributed by atoms with Gasteiger partial charge in [-0.2, -0.15) is 0 Å². The third kappa shape index (κ3) is 4.38. The van der Waals surface area contributed by atoms with Gasteiger partial charge in [-0.05, 0) is 35.4 Å². The normalized spacial score (nSPS) is 10.1. The van der Waals surface area contributed by atoms with E-state index in [1.54, 1.807) is 7.11 Å². The molecule has 2 rings (SSSR count). The van der Waals surface area contributed by atoms with E-state index in [0.29, 0.717) is 13.0 Å². The Morgan fingerprint density at radius 2 is 1.90 bits per heavy atom. The molecular formula is C16H16BrNO2. The van der Waals surface area contributed by atoms with E-state index in [1.165, 1.54) is 0 Å². The number of halogens is 1. The molecule has 2 aromatic rings. The summed E-state index contributed by atoms with van der Waals surface area (Å²) in [6.45, 7) is 0.538. The molecule has 0 unspecified atom stereocenters. The van der Waals surface area contributed by atoms with Gasteiger partial charge in [-0.1, -0.05) is 40.2 Å². The van der Waals surface area contributed by atoms with Gasteiger partial charge in [0.15, 0.2) is 0 Å². The Morgan fingerprint density at radius 3 is 2.60 bits per heavy atom. The average Bonchev–Trinajstić information content (AvgIpc) is 2.47. The Hall–Kier alpha value is -1.81. The van der Waals surface area contributed by atoms with Crippen molar-refractivity contribution in [1.82, 2.24) is 5.32 Å². The number of rotatable bonds is 5. The molecule has 1 N–H and O–H groups in total. The molecule has 2 aromatic carbocycles. The lowest BCUT2D eigenvalue weighted by Crippen LogP contribution is -2.24. The lowest BCUT2D eigenvalue weighted by molar-refractivity contribution is -0.120. The van der Waals surface area contributed by atoms with Crippen LogP contribution in [0.1, 0.15) is 11.1 Å². The highest BCUT2D eigenvalue weighted by Gasteiger charge is 2.04. The standard InChI is InChI=1S/C16H16BrNO2/c1-20-15-4-2-3-13(9-15)10-16(19)18-11-12-5-7-14(17)8-6-12/h2-9H,10-11H2,1H3,(H,18,19). The number of nitrogens with one attached hydrogen (secondary N) is 1. The zero-order valence-electron chi connectivity index (χ0n) is 11.2. The Morgan fingerprint density at radius 1 is 1.15 bits per heavy atom. The average molecular weight is 334 g/mol. The van der Waals surface area contributed by atoms with Crippen LogP contribution in [0.15, 0.2) is 53.0 Å². The lowest BCUT2D eigenvalue weighted by atomic mass is 10.1. The molecule has 0 aromatic heterocycles. The zero-order valence-corrected chi connectivity index (χ0v) is 12.8. The van der Waals surface area contributed by atoms with Gasteiger partial charge in [0.1, 0.15) is 5.75 Å². The van der Waals surface area contributed by atoms with Gasteiger partial charge in [0.25, 0.3) is 0 Å². The van der Waals surface area contributed by atoms with Crippen molar-refractivity contribution >= 4 is 21.8 Å². The first-order chi connectivity index (χ1) is 9.67. The first-order valence-corrected chi connectivity index (χ1v) is 7.11. The van der Waals surface area contributed by atoms with E-state index in [2.05, 4.69) is 21.2 Å². The van der Waals surface area contributed by atoms with E-state index in [4.69, 9.17) is 4.74 Å². The molecule has 4 heteroatoms. The summed E-state index contributed by atoms with van der Waals surface area (Å²) in [5, 5.41) is 2.91. The van der Waals surface area contributed by atoms with Crippen LogP contribution in [0.2, 0.25) is 0 Å². The van der Waals surface area contributed by atoms with Crippen molar-refractivity contribution in [3.05, 3.63) is 64.1 Å². The molecule has 0 aliphatic carbocycles. The van der Waals surface area contributed by atoms with E-state index in [1.807, 2.05) is 48.5 Å². The molecule has 1 amide bonds. The summed E-state index contributed by atoms with van der Waals surface area (Å²) in [5.41, 5.74) is 2.02. The van der Waals surface area contributed by atoms with Crippen molar-refractivity contribution in [2.45, 2.75) is 13.0 Å². The largest absolute Gasteiger partial charge is 0.497 e. The summed E-state index contributed by atoms with van der Waals surface area (Å²) in [4.78, 5) is 11.9. The second kappa shape index (κ2) is 7.10. The summed E-state index contributed by atoms with van der Waals surface area (Å²) >= 11 is 3.38. The number of amides is 1. The fourth-order valence-corrected chi connectivity index (χ4v) is 2.10. The van der Waals surface area contributed by atoms with Crippen LogP contribution in [0.4, 0.5) is 0 Å². The van der Waals surface area contributed by atoms with E-state index in [9.17, 15) is 4.79 Å². The number of hydrogen-bond donors (Lipinski definition) is 1. The molecule has 0 fully saturated rings. The first-order valence-electron chi connectivity index (χ1n) is 6.31. The minimum atomic E-state index is 0.00109. The minimum absolute atomic E-state index is 0.00109. The minimum Gasteiger partial charge on any atom is -0.497 e. The highest BCUT2D eigenvalue weighted by Crippen LogP contribution is 2.13. The van der Waals surface area contributed by atoms with Crippen LogP contribution >= 0.6 is 15.9 Å². The van der Waals surface area contributed by atoms with Crippen LogP contribution in [0, 0.1) is 0 Å². The zero-order chi connectivity index (χ0) is 14.4. The highest BCUT2D eigenvalue weighted by atomic mass is 79.9. The van der Waals surface area contributed by atoms with Gasteiger partial charge in [-0.15, -0.1) is 0 Å². The monoisotopic (exact) mass is 333 g/mol. The SMILES string of the molecule is COc1cccc(CC(=O)NCc2ccc(Br)cc2)c1. The van der Waals surface area contributed by atoms with Crippen molar-refractivity contribution in [2.75, 3.05) is 7.11 Å². The molecule has 0 heterocycles. The molecule has 0 aliphatic rings. The van der Waals surface area contributed by atoms with Crippen molar-refractivity contribution < 1.29 is 9.53 Å². The van der Waals surface area contributed by atoms with Gasteiger partial charge in [0, 0.05) is 11.0 Å². The van der Waals surface area contributed by atoms with Gasteiger partial charge in [-0.25, -0.2) is 0 Å². The number of ether oxygens (including phenoxy) is 1. The van der Waals surface area contributed by atoms with Crippen LogP contribution in [-0.4, -0.2) is 13.0 Å². The fraction of sp³-hybridized carbons (Fsp3) is 0.188. The number of carbonyl (C=O) groups is 1. The Balaban J connectivity index is 1.87. The molecule has 0 radical (unpaired) electrons. The maximum absolute atomic E-state index is 11.9. The van der Waals surface area contributed by atoms with Crippen molar-refractivity contribution in [2.24, 2.45) is 0 Å². The molecule has 3 nitrogen and oxygen atoms in total. The Labute approximate surface area is 127 Å². The van der Waals surface area contributed by atoms with E-state index in [0.717, 1.165) is 21.3 Å². The quantitative estimate of drug-likeness (QED) is 0.911. The Kier molecular flexibility index (Phi) is 5.18. The summed E-state index contributed by atoms with van der Waals surface area (Å²) in [6.07, 6.45) is 0.355. The smallest absolute Gasteiger partial charge is 0.224 e. The predicted octanol–water partition coefficient (Wildman–Crippen LogP) is 3.32. The number of benzene rings is 2. The molecule has 0 aliphatic heterocycles. The topological polar surface area (TPSA) is 38.3 Å².